The number of rotatable bonds is 7. The van der Waals surface area contributed by atoms with E-state index in [1.54, 1.807) is 6.07 Å². The maximum atomic E-state index is 12.4. The highest BCUT2D eigenvalue weighted by Gasteiger charge is 2.08. The fraction of sp³-hybridized carbons (Fsp3) is 0.412. The van der Waals surface area contributed by atoms with Gasteiger partial charge in [-0.1, -0.05) is 12.1 Å². The van der Waals surface area contributed by atoms with Gasteiger partial charge in [0, 0.05) is 19.5 Å². The smallest absolute Gasteiger partial charge is 0.261 e. The van der Waals surface area contributed by atoms with Gasteiger partial charge in [-0.2, -0.15) is 0 Å². The van der Waals surface area contributed by atoms with Crippen molar-refractivity contribution in [2.75, 3.05) is 13.1 Å². The van der Waals surface area contributed by atoms with Gasteiger partial charge in [0.2, 0.25) is 11.8 Å². The number of fused-ring (bicyclic) bond motifs is 1. The molecule has 0 saturated carbocycles. The summed E-state index contributed by atoms with van der Waals surface area (Å²) in [6.07, 6.45) is 2.27. The van der Waals surface area contributed by atoms with Gasteiger partial charge in [0.15, 0.2) is 0 Å². The third-order valence-corrected chi connectivity index (χ3v) is 3.68. The lowest BCUT2D eigenvalue weighted by Crippen LogP contribution is -2.36. The molecule has 0 spiro atoms. The Morgan fingerprint density at radius 3 is 2.75 bits per heavy atom. The van der Waals surface area contributed by atoms with Crippen molar-refractivity contribution in [1.29, 1.82) is 0 Å². The van der Waals surface area contributed by atoms with Gasteiger partial charge in [-0.25, -0.2) is 4.98 Å². The summed E-state index contributed by atoms with van der Waals surface area (Å²) in [5.41, 5.74) is 1.56. The molecule has 24 heavy (non-hydrogen) atoms. The molecule has 1 aromatic heterocycles. The zero-order valence-corrected chi connectivity index (χ0v) is 14.0. The van der Waals surface area contributed by atoms with Gasteiger partial charge in [0.25, 0.3) is 5.56 Å². The van der Waals surface area contributed by atoms with E-state index in [9.17, 15) is 14.4 Å². The van der Waals surface area contributed by atoms with Gasteiger partial charge in [0.1, 0.15) is 0 Å². The molecule has 0 radical (unpaired) electrons. The summed E-state index contributed by atoms with van der Waals surface area (Å²) in [7, 11) is 0. The Bertz CT molecular complexity index is 798. The second-order valence-electron chi connectivity index (χ2n) is 5.55. The highest BCUT2D eigenvalue weighted by atomic mass is 16.2. The maximum absolute atomic E-state index is 12.4. The molecule has 0 bridgehead atoms. The van der Waals surface area contributed by atoms with Crippen molar-refractivity contribution in [3.05, 3.63) is 40.4 Å². The lowest BCUT2D eigenvalue weighted by atomic mass is 10.1. The summed E-state index contributed by atoms with van der Waals surface area (Å²) in [6.45, 7) is 4.65. The number of carbonyl (C=O) groups excluding carboxylic acids is 2. The van der Waals surface area contributed by atoms with Crippen LogP contribution < -0.4 is 16.2 Å². The normalized spacial score (nSPS) is 10.6. The monoisotopic (exact) mass is 330 g/mol. The first-order valence-corrected chi connectivity index (χ1v) is 8.01. The van der Waals surface area contributed by atoms with E-state index in [2.05, 4.69) is 15.6 Å². The molecule has 2 amide bonds. The molecule has 2 N–H and O–H groups in total. The standard InChI is InChI=1S/C17H22N4O3/c1-3-18-15(23)10-19-14(22)8-5-9-21-11-20-16-12(2)6-4-7-13(16)17(21)24/h4,6-7,11H,3,5,8-10H2,1-2H3,(H,18,23)(H,19,22). The van der Waals surface area contributed by atoms with Crippen LogP contribution in [-0.2, 0) is 16.1 Å². The average molecular weight is 330 g/mol. The van der Waals surface area contributed by atoms with Crippen LogP contribution >= 0.6 is 0 Å². The summed E-state index contributed by atoms with van der Waals surface area (Å²) in [5, 5.41) is 5.74. The molecule has 0 saturated heterocycles. The van der Waals surface area contributed by atoms with E-state index >= 15 is 0 Å². The van der Waals surface area contributed by atoms with E-state index < -0.39 is 0 Å². The summed E-state index contributed by atoms with van der Waals surface area (Å²) >= 11 is 0. The molecule has 0 aliphatic carbocycles. The molecule has 128 valence electrons. The highest BCUT2D eigenvalue weighted by Crippen LogP contribution is 2.11. The first-order valence-electron chi connectivity index (χ1n) is 8.01. The van der Waals surface area contributed by atoms with Crippen molar-refractivity contribution < 1.29 is 9.59 Å². The Morgan fingerprint density at radius 1 is 1.21 bits per heavy atom. The number of likely N-dealkylation sites (N-methyl/N-ethyl adjacent to an activating group) is 1. The molecule has 0 fully saturated rings. The molecule has 7 heteroatoms. The number of benzene rings is 1. The van der Waals surface area contributed by atoms with Crippen LogP contribution in [-0.4, -0.2) is 34.5 Å². The Morgan fingerprint density at radius 2 is 2.00 bits per heavy atom. The van der Waals surface area contributed by atoms with Crippen molar-refractivity contribution in [2.24, 2.45) is 0 Å². The number of aromatic nitrogens is 2. The fourth-order valence-electron chi connectivity index (χ4n) is 2.43. The van der Waals surface area contributed by atoms with Crippen LogP contribution in [0.3, 0.4) is 0 Å². The SMILES string of the molecule is CCNC(=O)CNC(=O)CCCn1cnc2c(C)cccc2c1=O. The summed E-state index contributed by atoms with van der Waals surface area (Å²) in [6, 6.07) is 5.51. The predicted octanol–water partition coefficient (Wildman–Crippen LogP) is 0.737. The molecule has 0 aliphatic heterocycles. The zero-order chi connectivity index (χ0) is 17.5. The zero-order valence-electron chi connectivity index (χ0n) is 14.0. The third kappa shape index (κ3) is 4.41. The first kappa shape index (κ1) is 17.7. The average Bonchev–Trinajstić information content (AvgIpc) is 2.56. The Hall–Kier alpha value is -2.70. The van der Waals surface area contributed by atoms with Crippen LogP contribution in [0, 0.1) is 6.92 Å². The summed E-state index contributed by atoms with van der Waals surface area (Å²) in [4.78, 5) is 39.7. The Balaban J connectivity index is 1.90. The minimum Gasteiger partial charge on any atom is -0.355 e. The fourth-order valence-corrected chi connectivity index (χ4v) is 2.43. The number of amides is 2. The van der Waals surface area contributed by atoms with E-state index in [1.165, 1.54) is 10.9 Å². The van der Waals surface area contributed by atoms with Crippen molar-refractivity contribution in [3.63, 3.8) is 0 Å². The van der Waals surface area contributed by atoms with E-state index in [-0.39, 0.29) is 30.3 Å². The number of aryl methyl sites for hydroxylation is 2. The molecule has 0 aliphatic rings. The maximum Gasteiger partial charge on any atom is 0.261 e. The molecule has 2 rings (SSSR count). The Labute approximate surface area is 140 Å². The van der Waals surface area contributed by atoms with Crippen molar-refractivity contribution in [1.82, 2.24) is 20.2 Å². The molecule has 7 nitrogen and oxygen atoms in total. The largest absolute Gasteiger partial charge is 0.355 e. The molecule has 1 heterocycles. The number of nitrogens with one attached hydrogen (secondary N) is 2. The molecule has 0 atom stereocenters. The van der Waals surface area contributed by atoms with Gasteiger partial charge in [0.05, 0.1) is 23.8 Å². The van der Waals surface area contributed by atoms with Crippen LogP contribution in [0.4, 0.5) is 0 Å². The van der Waals surface area contributed by atoms with Gasteiger partial charge >= 0.3 is 0 Å². The topological polar surface area (TPSA) is 93.1 Å². The van der Waals surface area contributed by atoms with E-state index in [0.717, 1.165) is 5.56 Å². The lowest BCUT2D eigenvalue weighted by Gasteiger charge is -2.08. The van der Waals surface area contributed by atoms with E-state index in [0.29, 0.717) is 30.4 Å². The van der Waals surface area contributed by atoms with Crippen molar-refractivity contribution >= 4 is 22.7 Å². The van der Waals surface area contributed by atoms with Gasteiger partial charge < -0.3 is 10.6 Å². The van der Waals surface area contributed by atoms with Crippen LogP contribution in [0.5, 0.6) is 0 Å². The van der Waals surface area contributed by atoms with Crippen LogP contribution in [0.25, 0.3) is 10.9 Å². The Kier molecular flexibility index (Phi) is 6.06. The molecule has 2 aromatic rings. The summed E-state index contributed by atoms with van der Waals surface area (Å²) < 4.78 is 1.51. The molecular formula is C17H22N4O3. The minimum atomic E-state index is -0.212. The number of hydrogen-bond donors (Lipinski definition) is 2. The number of para-hydroxylation sites is 1. The van der Waals surface area contributed by atoms with E-state index in [4.69, 9.17) is 0 Å². The van der Waals surface area contributed by atoms with Gasteiger partial charge in [-0.05, 0) is 31.9 Å². The molecular weight excluding hydrogens is 308 g/mol. The minimum absolute atomic E-state index is 0.0244. The van der Waals surface area contributed by atoms with Gasteiger partial charge in [-0.3, -0.25) is 19.0 Å². The third-order valence-electron chi connectivity index (χ3n) is 3.68. The highest BCUT2D eigenvalue weighted by molar-refractivity contribution is 5.84. The lowest BCUT2D eigenvalue weighted by molar-refractivity contribution is -0.126. The van der Waals surface area contributed by atoms with Crippen LogP contribution in [0.2, 0.25) is 0 Å². The van der Waals surface area contributed by atoms with Gasteiger partial charge in [-0.15, -0.1) is 0 Å². The second-order valence-corrected chi connectivity index (χ2v) is 5.55. The molecule has 0 unspecified atom stereocenters. The number of carbonyl (C=O) groups is 2. The quantitative estimate of drug-likeness (QED) is 0.783. The predicted molar refractivity (Wildman–Crippen MR) is 91.7 cm³/mol. The van der Waals surface area contributed by atoms with Crippen LogP contribution in [0.15, 0.2) is 29.3 Å². The van der Waals surface area contributed by atoms with Crippen molar-refractivity contribution in [3.8, 4) is 0 Å². The first-order chi connectivity index (χ1) is 11.5. The summed E-state index contributed by atoms with van der Waals surface area (Å²) in [5.74, 6) is -0.421. The van der Waals surface area contributed by atoms with Crippen LogP contribution in [0.1, 0.15) is 25.3 Å². The number of hydrogen-bond acceptors (Lipinski definition) is 4. The molecule has 1 aromatic carbocycles. The van der Waals surface area contributed by atoms with Crippen molar-refractivity contribution in [2.45, 2.75) is 33.2 Å². The second kappa shape index (κ2) is 8.24. The number of nitrogens with zero attached hydrogens (tertiary/aromatic N) is 2. The van der Waals surface area contributed by atoms with E-state index in [1.807, 2.05) is 26.0 Å².